The molecule has 1 heterocycles. The van der Waals surface area contributed by atoms with Gasteiger partial charge in [0.2, 0.25) is 0 Å². The summed E-state index contributed by atoms with van der Waals surface area (Å²) in [5, 5.41) is 11.5. The van der Waals surface area contributed by atoms with Crippen molar-refractivity contribution in [2.75, 3.05) is 32.8 Å². The lowest BCUT2D eigenvalue weighted by molar-refractivity contribution is -0.140. The zero-order chi connectivity index (χ0) is 24.0. The van der Waals surface area contributed by atoms with Gasteiger partial charge in [-0.05, 0) is 56.7 Å². The summed E-state index contributed by atoms with van der Waals surface area (Å²) < 4.78 is 5.46. The van der Waals surface area contributed by atoms with Gasteiger partial charge in [0.1, 0.15) is 11.5 Å². The summed E-state index contributed by atoms with van der Waals surface area (Å²) in [4.78, 5) is 30.0. The third kappa shape index (κ3) is 5.40. The predicted molar refractivity (Wildman–Crippen MR) is 130 cm³/mol. The fourth-order valence-electron chi connectivity index (χ4n) is 4.17. The number of hydrogen-bond donors (Lipinski definition) is 1. The van der Waals surface area contributed by atoms with E-state index >= 15 is 0 Å². The van der Waals surface area contributed by atoms with Gasteiger partial charge in [0, 0.05) is 12.1 Å². The van der Waals surface area contributed by atoms with E-state index in [0.29, 0.717) is 29.5 Å². The largest absolute Gasteiger partial charge is 0.507 e. The Morgan fingerprint density at radius 3 is 2.39 bits per heavy atom. The minimum Gasteiger partial charge on any atom is -0.507 e. The molecule has 33 heavy (non-hydrogen) atoms. The fourth-order valence-corrected chi connectivity index (χ4v) is 4.41. The first-order valence-corrected chi connectivity index (χ1v) is 11.8. The van der Waals surface area contributed by atoms with Crippen LogP contribution in [0.3, 0.4) is 0 Å². The lowest BCUT2D eigenvalue weighted by Crippen LogP contribution is -2.33. The van der Waals surface area contributed by atoms with Gasteiger partial charge in [0.25, 0.3) is 11.7 Å². The van der Waals surface area contributed by atoms with Crippen LogP contribution in [-0.4, -0.2) is 59.4 Å². The highest BCUT2D eigenvalue weighted by Gasteiger charge is 2.45. The maximum absolute atomic E-state index is 13.1. The molecule has 1 fully saturated rings. The molecule has 7 heteroatoms. The molecule has 1 amide bonds. The van der Waals surface area contributed by atoms with E-state index in [1.165, 1.54) is 0 Å². The second-order valence-electron chi connectivity index (χ2n) is 7.86. The second-order valence-corrected chi connectivity index (χ2v) is 8.27. The summed E-state index contributed by atoms with van der Waals surface area (Å²) in [5.74, 6) is -1.03. The average molecular weight is 471 g/mol. The third-order valence-corrected chi connectivity index (χ3v) is 6.22. The maximum Gasteiger partial charge on any atom is 0.295 e. The number of amides is 1. The predicted octanol–water partition coefficient (Wildman–Crippen LogP) is 4.89. The Hall–Kier alpha value is -2.83. The maximum atomic E-state index is 13.1. The number of rotatable bonds is 10. The van der Waals surface area contributed by atoms with Gasteiger partial charge < -0.3 is 19.6 Å². The first-order chi connectivity index (χ1) is 15.9. The highest BCUT2D eigenvalue weighted by atomic mass is 35.5. The van der Waals surface area contributed by atoms with Crippen molar-refractivity contribution in [3.63, 3.8) is 0 Å². The minimum absolute atomic E-state index is 0.0780. The van der Waals surface area contributed by atoms with Crippen LogP contribution in [0.5, 0.6) is 5.75 Å². The molecule has 6 nitrogen and oxygen atoms in total. The van der Waals surface area contributed by atoms with Crippen LogP contribution in [0.15, 0.2) is 54.1 Å². The molecule has 2 aromatic rings. The minimum atomic E-state index is -0.686. The van der Waals surface area contributed by atoms with Gasteiger partial charge >= 0.3 is 0 Å². The van der Waals surface area contributed by atoms with E-state index < -0.39 is 17.7 Å². The smallest absolute Gasteiger partial charge is 0.295 e. The van der Waals surface area contributed by atoms with Gasteiger partial charge in [-0.1, -0.05) is 55.8 Å². The molecule has 0 aromatic heterocycles. The Morgan fingerprint density at radius 1 is 1.09 bits per heavy atom. The number of carbonyl (C=O) groups is 2. The molecular formula is C26H31ClN2O4. The summed E-state index contributed by atoms with van der Waals surface area (Å²) in [7, 11) is 0. The standard InChI is InChI=1S/C26H31ClN2O4/c1-4-28(5-2)15-10-16-29-23(18-11-8-7-9-12-18)22(25(31)26(29)32)24(30)19-13-14-21(33-6-3)20(27)17-19/h7-9,11-14,17,23,30H,4-6,10,15-16H2,1-3H3/t23-/m0/s1. The summed E-state index contributed by atoms with van der Waals surface area (Å²) >= 11 is 6.31. The molecule has 0 unspecified atom stereocenters. The van der Waals surface area contributed by atoms with E-state index in [4.69, 9.17) is 16.3 Å². The number of benzene rings is 2. The van der Waals surface area contributed by atoms with Crippen LogP contribution in [0.1, 0.15) is 44.4 Å². The van der Waals surface area contributed by atoms with Crippen molar-refractivity contribution >= 4 is 29.1 Å². The average Bonchev–Trinajstić information content (AvgIpc) is 3.08. The Bertz CT molecular complexity index is 1020. The lowest BCUT2D eigenvalue weighted by atomic mass is 9.95. The molecule has 0 radical (unpaired) electrons. The Labute approximate surface area is 200 Å². The molecule has 1 N–H and O–H groups in total. The molecule has 1 aliphatic rings. The van der Waals surface area contributed by atoms with Crippen LogP contribution in [-0.2, 0) is 9.59 Å². The number of ketones is 1. The van der Waals surface area contributed by atoms with E-state index in [-0.39, 0.29) is 11.3 Å². The molecular weight excluding hydrogens is 440 g/mol. The Balaban J connectivity index is 2.01. The van der Waals surface area contributed by atoms with Gasteiger partial charge in [-0.2, -0.15) is 0 Å². The van der Waals surface area contributed by atoms with Gasteiger partial charge in [-0.15, -0.1) is 0 Å². The fraction of sp³-hybridized carbons (Fsp3) is 0.385. The van der Waals surface area contributed by atoms with Gasteiger partial charge in [-0.25, -0.2) is 0 Å². The zero-order valence-electron chi connectivity index (χ0n) is 19.4. The zero-order valence-corrected chi connectivity index (χ0v) is 20.1. The van der Waals surface area contributed by atoms with Crippen molar-refractivity contribution in [3.05, 3.63) is 70.3 Å². The highest BCUT2D eigenvalue weighted by Crippen LogP contribution is 2.40. The van der Waals surface area contributed by atoms with E-state index in [9.17, 15) is 14.7 Å². The van der Waals surface area contributed by atoms with Crippen LogP contribution < -0.4 is 4.74 Å². The normalized spacial score (nSPS) is 17.7. The lowest BCUT2D eigenvalue weighted by Gasteiger charge is -2.26. The second kappa shape index (κ2) is 11.3. The quantitative estimate of drug-likeness (QED) is 0.304. The van der Waals surface area contributed by atoms with Crippen molar-refractivity contribution in [2.45, 2.75) is 33.2 Å². The number of hydrogen-bond acceptors (Lipinski definition) is 5. The van der Waals surface area contributed by atoms with Crippen molar-refractivity contribution < 1.29 is 19.4 Å². The van der Waals surface area contributed by atoms with Crippen LogP contribution in [0.25, 0.3) is 5.76 Å². The van der Waals surface area contributed by atoms with E-state index in [1.54, 1.807) is 23.1 Å². The van der Waals surface area contributed by atoms with Gasteiger partial charge in [0.15, 0.2) is 0 Å². The molecule has 2 aromatic carbocycles. The molecule has 0 saturated carbocycles. The van der Waals surface area contributed by atoms with Gasteiger partial charge in [0.05, 0.1) is 23.2 Å². The summed E-state index contributed by atoms with van der Waals surface area (Å²) in [6, 6.07) is 13.5. The first-order valence-electron chi connectivity index (χ1n) is 11.4. The SMILES string of the molecule is CCOc1ccc(C(O)=C2C(=O)C(=O)N(CCCN(CC)CC)[C@H]2c2ccccc2)cc1Cl. The number of halogens is 1. The van der Waals surface area contributed by atoms with Gasteiger partial charge in [-0.3, -0.25) is 9.59 Å². The molecule has 1 saturated heterocycles. The Morgan fingerprint density at radius 2 is 1.79 bits per heavy atom. The topological polar surface area (TPSA) is 70.1 Å². The monoisotopic (exact) mass is 470 g/mol. The van der Waals surface area contributed by atoms with Crippen molar-refractivity contribution in [1.82, 2.24) is 9.80 Å². The Kier molecular flexibility index (Phi) is 8.53. The number of nitrogens with zero attached hydrogens (tertiary/aromatic N) is 2. The molecule has 0 bridgehead atoms. The van der Waals surface area contributed by atoms with Crippen molar-refractivity contribution in [1.29, 1.82) is 0 Å². The number of ether oxygens (including phenoxy) is 1. The molecule has 1 atom stereocenters. The molecule has 1 aliphatic heterocycles. The van der Waals surface area contributed by atoms with Crippen LogP contribution in [0.2, 0.25) is 5.02 Å². The number of aliphatic hydroxyl groups is 1. The molecule has 0 spiro atoms. The third-order valence-electron chi connectivity index (χ3n) is 5.93. The van der Waals surface area contributed by atoms with E-state index in [1.807, 2.05) is 37.3 Å². The molecule has 176 valence electrons. The molecule has 0 aliphatic carbocycles. The van der Waals surface area contributed by atoms with Crippen LogP contribution >= 0.6 is 11.6 Å². The van der Waals surface area contributed by atoms with Crippen molar-refractivity contribution in [2.24, 2.45) is 0 Å². The highest BCUT2D eigenvalue weighted by molar-refractivity contribution is 6.46. The summed E-state index contributed by atoms with van der Waals surface area (Å²) in [5.41, 5.74) is 1.22. The first kappa shape index (κ1) is 24.8. The van der Waals surface area contributed by atoms with Crippen LogP contribution in [0.4, 0.5) is 0 Å². The number of carbonyl (C=O) groups excluding carboxylic acids is 2. The number of aliphatic hydroxyl groups excluding tert-OH is 1. The van der Waals surface area contributed by atoms with Crippen molar-refractivity contribution in [3.8, 4) is 5.75 Å². The summed E-state index contributed by atoms with van der Waals surface area (Å²) in [6.07, 6.45) is 0.729. The number of Topliss-reactive ketones (excluding diaryl/α,β-unsaturated/α-hetero) is 1. The van der Waals surface area contributed by atoms with Crippen LogP contribution in [0, 0.1) is 0 Å². The summed E-state index contributed by atoms with van der Waals surface area (Å²) in [6.45, 7) is 9.60. The number of likely N-dealkylation sites (tertiary alicyclic amines) is 1. The van der Waals surface area contributed by atoms with E-state index in [0.717, 1.165) is 31.6 Å². The molecule has 3 rings (SSSR count). The van der Waals surface area contributed by atoms with E-state index in [2.05, 4.69) is 18.7 Å².